The first-order valence-electron chi connectivity index (χ1n) is 10.2. The summed E-state index contributed by atoms with van der Waals surface area (Å²) in [5.41, 5.74) is 1.11. The first kappa shape index (κ1) is 21.9. The Kier molecular flexibility index (Phi) is 5.99. The van der Waals surface area contributed by atoms with Crippen molar-refractivity contribution in [3.63, 3.8) is 0 Å². The number of esters is 1. The zero-order valence-electron chi connectivity index (χ0n) is 17.5. The molecular weight excluding hydrogens is 427 g/mol. The predicted molar refractivity (Wildman–Crippen MR) is 117 cm³/mol. The molecule has 0 radical (unpaired) electrons. The summed E-state index contributed by atoms with van der Waals surface area (Å²) in [5, 5.41) is 2.58. The highest BCUT2D eigenvalue weighted by molar-refractivity contribution is 6.22. The van der Waals surface area contributed by atoms with Gasteiger partial charge < -0.3 is 10.1 Å². The highest BCUT2D eigenvalue weighted by Crippen LogP contribution is 2.27. The van der Waals surface area contributed by atoms with Crippen LogP contribution in [-0.4, -0.2) is 34.6 Å². The van der Waals surface area contributed by atoms with E-state index in [1.807, 2.05) is 0 Å². The smallest absolute Gasteiger partial charge is 0.330 e. The number of hydrogen-bond acceptors (Lipinski definition) is 5. The second-order valence-electron chi connectivity index (χ2n) is 7.43. The molecule has 166 valence electrons. The minimum atomic E-state index is -1.36. The lowest BCUT2D eigenvalue weighted by atomic mass is 10.1. The standard InChI is InChI=1S/C25H19FN2O5/c1-15(28-23(30)19-9-5-6-10-20(19)24(28)31)25(32)33-21(16-7-3-2-4-8-16)22(29)27-18-13-11-17(26)12-14-18/h2-15,21H,1H3,(H,27,29)/t15-,21+/m1/s1. The summed E-state index contributed by atoms with van der Waals surface area (Å²) in [5.74, 6) is -3.27. The Labute approximate surface area is 188 Å². The van der Waals surface area contributed by atoms with Crippen molar-refractivity contribution >= 4 is 29.4 Å². The Bertz CT molecular complexity index is 1190. The van der Waals surface area contributed by atoms with E-state index in [4.69, 9.17) is 4.74 Å². The maximum Gasteiger partial charge on any atom is 0.330 e. The van der Waals surface area contributed by atoms with Crippen LogP contribution in [0.2, 0.25) is 0 Å². The number of halogens is 1. The molecule has 0 unspecified atom stereocenters. The van der Waals surface area contributed by atoms with Crippen LogP contribution in [0.15, 0.2) is 78.9 Å². The van der Waals surface area contributed by atoms with Crippen LogP contribution in [-0.2, 0) is 14.3 Å². The van der Waals surface area contributed by atoms with E-state index >= 15 is 0 Å². The number of carbonyl (C=O) groups is 4. The number of benzene rings is 3. The topological polar surface area (TPSA) is 92.8 Å². The minimum Gasteiger partial charge on any atom is -0.446 e. The van der Waals surface area contributed by atoms with Gasteiger partial charge in [-0.3, -0.25) is 19.3 Å². The van der Waals surface area contributed by atoms with Crippen LogP contribution in [0, 0.1) is 5.82 Å². The Morgan fingerprint density at radius 2 is 1.39 bits per heavy atom. The van der Waals surface area contributed by atoms with Crippen molar-refractivity contribution in [1.29, 1.82) is 0 Å². The van der Waals surface area contributed by atoms with Crippen molar-refractivity contribution in [2.24, 2.45) is 0 Å². The zero-order valence-corrected chi connectivity index (χ0v) is 17.5. The third-order valence-corrected chi connectivity index (χ3v) is 5.24. The molecule has 33 heavy (non-hydrogen) atoms. The van der Waals surface area contributed by atoms with Gasteiger partial charge in [-0.05, 0) is 43.3 Å². The second-order valence-corrected chi connectivity index (χ2v) is 7.43. The molecule has 0 saturated heterocycles. The third-order valence-electron chi connectivity index (χ3n) is 5.24. The van der Waals surface area contributed by atoms with Gasteiger partial charge in [0.15, 0.2) is 0 Å². The van der Waals surface area contributed by atoms with Crippen molar-refractivity contribution < 1.29 is 28.3 Å². The summed E-state index contributed by atoms with van der Waals surface area (Å²) in [6, 6.07) is 18.4. The van der Waals surface area contributed by atoms with Crippen LogP contribution in [0.5, 0.6) is 0 Å². The van der Waals surface area contributed by atoms with Gasteiger partial charge in [0.05, 0.1) is 11.1 Å². The fourth-order valence-electron chi connectivity index (χ4n) is 3.52. The van der Waals surface area contributed by atoms with Gasteiger partial charge in [-0.1, -0.05) is 42.5 Å². The highest BCUT2D eigenvalue weighted by atomic mass is 19.1. The maximum absolute atomic E-state index is 13.2. The lowest BCUT2D eigenvalue weighted by Crippen LogP contribution is -2.44. The molecule has 3 aromatic carbocycles. The molecule has 2 atom stereocenters. The molecule has 7 nitrogen and oxygen atoms in total. The van der Waals surface area contributed by atoms with E-state index in [9.17, 15) is 23.6 Å². The van der Waals surface area contributed by atoms with Crippen molar-refractivity contribution in [3.8, 4) is 0 Å². The largest absolute Gasteiger partial charge is 0.446 e. The van der Waals surface area contributed by atoms with E-state index in [2.05, 4.69) is 5.32 Å². The van der Waals surface area contributed by atoms with E-state index in [1.165, 1.54) is 43.3 Å². The Morgan fingerprint density at radius 1 is 0.848 bits per heavy atom. The van der Waals surface area contributed by atoms with E-state index in [0.717, 1.165) is 4.90 Å². The molecule has 8 heteroatoms. The molecule has 0 aliphatic carbocycles. The number of carbonyl (C=O) groups excluding carboxylic acids is 4. The number of imide groups is 1. The Hall–Kier alpha value is -4.33. The van der Waals surface area contributed by atoms with Crippen molar-refractivity contribution in [2.45, 2.75) is 19.1 Å². The first-order chi connectivity index (χ1) is 15.9. The number of nitrogens with one attached hydrogen (secondary N) is 1. The molecule has 3 aromatic rings. The Morgan fingerprint density at radius 3 is 1.97 bits per heavy atom. The van der Waals surface area contributed by atoms with E-state index < -0.39 is 41.7 Å². The number of nitrogens with zero attached hydrogens (tertiary/aromatic N) is 1. The van der Waals surface area contributed by atoms with Gasteiger partial charge in [0.1, 0.15) is 11.9 Å². The summed E-state index contributed by atoms with van der Waals surface area (Å²) in [4.78, 5) is 52.1. The van der Waals surface area contributed by atoms with Gasteiger partial charge in [-0.2, -0.15) is 0 Å². The second kappa shape index (κ2) is 9.04. The molecule has 0 saturated carbocycles. The van der Waals surface area contributed by atoms with Gasteiger partial charge >= 0.3 is 5.97 Å². The number of amides is 3. The number of ether oxygens (including phenoxy) is 1. The number of fused-ring (bicyclic) bond motifs is 1. The number of anilines is 1. The SMILES string of the molecule is C[C@H](C(=O)O[C@H](C(=O)Nc1ccc(F)cc1)c1ccccc1)N1C(=O)c2ccccc2C1=O. The molecule has 1 heterocycles. The fourth-order valence-corrected chi connectivity index (χ4v) is 3.52. The van der Waals surface area contributed by atoms with E-state index in [0.29, 0.717) is 11.3 Å². The predicted octanol–water partition coefficient (Wildman–Crippen LogP) is 3.73. The van der Waals surface area contributed by atoms with Crippen LogP contribution in [0.3, 0.4) is 0 Å². The molecule has 0 bridgehead atoms. The van der Waals surface area contributed by atoms with Gasteiger partial charge in [-0.25, -0.2) is 9.18 Å². The summed E-state index contributed by atoms with van der Waals surface area (Å²) in [6.45, 7) is 1.37. The monoisotopic (exact) mass is 446 g/mol. The third kappa shape index (κ3) is 4.36. The van der Waals surface area contributed by atoms with Crippen LogP contribution >= 0.6 is 0 Å². The molecule has 3 amide bonds. The summed E-state index contributed by atoms with van der Waals surface area (Å²) in [7, 11) is 0. The van der Waals surface area contributed by atoms with Crippen LogP contribution in [0.4, 0.5) is 10.1 Å². The summed E-state index contributed by atoms with van der Waals surface area (Å²) >= 11 is 0. The molecule has 1 N–H and O–H groups in total. The van der Waals surface area contributed by atoms with Crippen molar-refractivity contribution in [2.75, 3.05) is 5.32 Å². The molecule has 1 aliphatic rings. The van der Waals surface area contributed by atoms with Gasteiger partial charge in [0, 0.05) is 11.3 Å². The molecule has 0 spiro atoms. The molecule has 0 aromatic heterocycles. The summed E-state index contributed by atoms with van der Waals surface area (Å²) in [6.07, 6.45) is -1.36. The minimum absolute atomic E-state index is 0.204. The Balaban J connectivity index is 1.55. The molecule has 1 aliphatic heterocycles. The molecule has 0 fully saturated rings. The van der Waals surface area contributed by atoms with Crippen LogP contribution < -0.4 is 5.32 Å². The lowest BCUT2D eigenvalue weighted by molar-refractivity contribution is -0.158. The zero-order chi connectivity index (χ0) is 23.5. The van der Waals surface area contributed by atoms with Crippen molar-refractivity contribution in [3.05, 3.63) is 101 Å². The highest BCUT2D eigenvalue weighted by Gasteiger charge is 2.42. The van der Waals surface area contributed by atoms with Gasteiger partial charge in [0.2, 0.25) is 6.10 Å². The molecule has 4 rings (SSSR count). The first-order valence-corrected chi connectivity index (χ1v) is 10.2. The van der Waals surface area contributed by atoms with Crippen molar-refractivity contribution in [1.82, 2.24) is 4.90 Å². The average Bonchev–Trinajstić information content (AvgIpc) is 3.09. The maximum atomic E-state index is 13.2. The molecular formula is C25H19FN2O5. The van der Waals surface area contributed by atoms with Crippen LogP contribution in [0.1, 0.15) is 39.3 Å². The number of hydrogen-bond donors (Lipinski definition) is 1. The quantitative estimate of drug-likeness (QED) is 0.460. The van der Waals surface area contributed by atoms with Crippen LogP contribution in [0.25, 0.3) is 0 Å². The van der Waals surface area contributed by atoms with E-state index in [-0.39, 0.29) is 11.1 Å². The normalized spacial score (nSPS) is 14.4. The average molecular weight is 446 g/mol. The lowest BCUT2D eigenvalue weighted by Gasteiger charge is -2.24. The summed E-state index contributed by atoms with van der Waals surface area (Å²) < 4.78 is 18.7. The van der Waals surface area contributed by atoms with E-state index in [1.54, 1.807) is 42.5 Å². The number of rotatable bonds is 6. The van der Waals surface area contributed by atoms with Gasteiger partial charge in [-0.15, -0.1) is 0 Å². The fraction of sp³-hybridized carbons (Fsp3) is 0.120. The van der Waals surface area contributed by atoms with Gasteiger partial charge in [0.25, 0.3) is 17.7 Å².